The van der Waals surface area contributed by atoms with Crippen LogP contribution in [0.15, 0.2) is 30.3 Å². The Labute approximate surface area is 133 Å². The van der Waals surface area contributed by atoms with E-state index in [1.807, 2.05) is 28.0 Å². The van der Waals surface area contributed by atoms with Crippen LogP contribution in [0, 0.1) is 5.92 Å². The summed E-state index contributed by atoms with van der Waals surface area (Å²) in [6.45, 7) is 6.78. The Bertz CT molecular complexity index is 461. The van der Waals surface area contributed by atoms with Crippen LogP contribution in [0.1, 0.15) is 32.3 Å². The van der Waals surface area contributed by atoms with Gasteiger partial charge in [0.2, 0.25) is 0 Å². The molecule has 0 unspecified atom stereocenters. The predicted molar refractivity (Wildman–Crippen MR) is 88.8 cm³/mol. The van der Waals surface area contributed by atoms with E-state index in [9.17, 15) is 4.79 Å². The Balaban J connectivity index is 1.98. The molecule has 1 aliphatic heterocycles. The molecule has 4 heteroatoms. The van der Waals surface area contributed by atoms with Gasteiger partial charge < -0.3 is 14.9 Å². The van der Waals surface area contributed by atoms with Crippen molar-refractivity contribution < 1.29 is 9.90 Å². The number of nitrogens with zero attached hydrogens (tertiary/aromatic N) is 2. The van der Waals surface area contributed by atoms with Crippen molar-refractivity contribution in [3.8, 4) is 0 Å². The SMILES string of the molecule is CC(C)C[C@H]1CN(CCCO)C(=O)N1CCc1ccccc1. The summed E-state index contributed by atoms with van der Waals surface area (Å²) < 4.78 is 0. The summed E-state index contributed by atoms with van der Waals surface area (Å²) in [6, 6.07) is 10.8. The standard InChI is InChI=1S/C18H28N2O2/c1-15(2)13-17-14-19(10-6-12-21)18(22)20(17)11-9-16-7-4-3-5-8-16/h3-5,7-8,15,17,21H,6,9-14H2,1-2H3/t17-/m0/s1. The van der Waals surface area contributed by atoms with Gasteiger partial charge in [-0.05, 0) is 30.7 Å². The number of aliphatic hydroxyl groups is 1. The lowest BCUT2D eigenvalue weighted by Gasteiger charge is -2.24. The molecule has 2 amide bonds. The van der Waals surface area contributed by atoms with Crippen LogP contribution in [0.2, 0.25) is 0 Å². The molecular weight excluding hydrogens is 276 g/mol. The maximum atomic E-state index is 12.6. The van der Waals surface area contributed by atoms with Gasteiger partial charge in [-0.25, -0.2) is 4.79 Å². The van der Waals surface area contributed by atoms with Crippen molar-refractivity contribution in [3.63, 3.8) is 0 Å². The molecule has 1 fully saturated rings. The van der Waals surface area contributed by atoms with Gasteiger partial charge in [0.05, 0.1) is 6.04 Å². The molecule has 1 N–H and O–H groups in total. The highest BCUT2D eigenvalue weighted by Gasteiger charge is 2.36. The molecule has 1 aromatic rings. The Kier molecular flexibility index (Phi) is 6.25. The fourth-order valence-corrected chi connectivity index (χ4v) is 3.14. The summed E-state index contributed by atoms with van der Waals surface area (Å²) in [5.74, 6) is 0.579. The predicted octanol–water partition coefficient (Wildman–Crippen LogP) is 2.76. The van der Waals surface area contributed by atoms with Crippen molar-refractivity contribution in [2.45, 2.75) is 39.2 Å². The zero-order chi connectivity index (χ0) is 15.9. The van der Waals surface area contributed by atoms with Crippen molar-refractivity contribution in [2.75, 3.05) is 26.2 Å². The highest BCUT2D eigenvalue weighted by molar-refractivity contribution is 5.77. The van der Waals surface area contributed by atoms with Gasteiger partial charge in [-0.15, -0.1) is 0 Å². The van der Waals surface area contributed by atoms with E-state index < -0.39 is 0 Å². The molecule has 0 saturated carbocycles. The maximum Gasteiger partial charge on any atom is 0.320 e. The van der Waals surface area contributed by atoms with Crippen LogP contribution >= 0.6 is 0 Å². The summed E-state index contributed by atoms with van der Waals surface area (Å²) in [5, 5.41) is 8.99. The van der Waals surface area contributed by atoms with Crippen molar-refractivity contribution in [1.82, 2.24) is 9.80 Å². The summed E-state index contributed by atoms with van der Waals surface area (Å²) in [7, 11) is 0. The van der Waals surface area contributed by atoms with Crippen LogP contribution in [0.4, 0.5) is 4.79 Å². The highest BCUT2D eigenvalue weighted by Crippen LogP contribution is 2.22. The number of urea groups is 1. The first-order valence-electron chi connectivity index (χ1n) is 8.32. The molecule has 1 aliphatic rings. The molecule has 0 bridgehead atoms. The summed E-state index contributed by atoms with van der Waals surface area (Å²) in [5.41, 5.74) is 1.27. The molecule has 4 nitrogen and oxygen atoms in total. The number of carbonyl (C=O) groups is 1. The zero-order valence-electron chi connectivity index (χ0n) is 13.7. The van der Waals surface area contributed by atoms with Gasteiger partial charge in [-0.2, -0.15) is 0 Å². The average Bonchev–Trinajstić information content (AvgIpc) is 2.79. The lowest BCUT2D eigenvalue weighted by atomic mass is 10.0. The largest absolute Gasteiger partial charge is 0.396 e. The minimum absolute atomic E-state index is 0.134. The third-order valence-electron chi connectivity index (χ3n) is 4.20. The second-order valence-electron chi connectivity index (χ2n) is 6.52. The molecule has 0 aliphatic carbocycles. The number of benzene rings is 1. The first-order valence-corrected chi connectivity index (χ1v) is 8.32. The summed E-state index contributed by atoms with van der Waals surface area (Å²) in [6.07, 6.45) is 2.60. The molecular formula is C18H28N2O2. The summed E-state index contributed by atoms with van der Waals surface area (Å²) in [4.78, 5) is 16.5. The van der Waals surface area contributed by atoms with Crippen LogP contribution < -0.4 is 0 Å². The van der Waals surface area contributed by atoms with Crippen LogP contribution in [0.3, 0.4) is 0 Å². The minimum Gasteiger partial charge on any atom is -0.396 e. The second-order valence-corrected chi connectivity index (χ2v) is 6.52. The van der Waals surface area contributed by atoms with Gasteiger partial charge in [-0.1, -0.05) is 44.2 Å². The zero-order valence-corrected chi connectivity index (χ0v) is 13.7. The van der Waals surface area contributed by atoms with E-state index in [4.69, 9.17) is 5.11 Å². The van der Waals surface area contributed by atoms with Gasteiger partial charge in [0.1, 0.15) is 0 Å². The number of aliphatic hydroxyl groups excluding tert-OH is 1. The number of carbonyl (C=O) groups excluding carboxylic acids is 1. The van der Waals surface area contributed by atoms with Crippen molar-refractivity contribution in [1.29, 1.82) is 0 Å². The fourth-order valence-electron chi connectivity index (χ4n) is 3.14. The molecule has 122 valence electrons. The number of hydrogen-bond donors (Lipinski definition) is 1. The lowest BCUT2D eigenvalue weighted by Crippen LogP contribution is -2.37. The van der Waals surface area contributed by atoms with E-state index in [2.05, 4.69) is 26.0 Å². The van der Waals surface area contributed by atoms with Gasteiger partial charge in [0, 0.05) is 26.2 Å². The monoisotopic (exact) mass is 304 g/mol. The topological polar surface area (TPSA) is 43.8 Å². The molecule has 22 heavy (non-hydrogen) atoms. The Hall–Kier alpha value is -1.55. The third-order valence-corrected chi connectivity index (χ3v) is 4.20. The molecule has 1 aromatic carbocycles. The van der Waals surface area contributed by atoms with Gasteiger partial charge in [0.25, 0.3) is 0 Å². The normalized spacial score (nSPS) is 18.5. The third kappa shape index (κ3) is 4.47. The van der Waals surface area contributed by atoms with E-state index in [1.54, 1.807) is 0 Å². The van der Waals surface area contributed by atoms with Gasteiger partial charge in [0.15, 0.2) is 0 Å². The number of rotatable bonds is 8. The second kappa shape index (κ2) is 8.18. The molecule has 0 spiro atoms. The van der Waals surface area contributed by atoms with Crippen LogP contribution in [-0.4, -0.2) is 53.2 Å². The maximum absolute atomic E-state index is 12.6. The van der Waals surface area contributed by atoms with E-state index >= 15 is 0 Å². The van der Waals surface area contributed by atoms with Crippen LogP contribution in [0.25, 0.3) is 0 Å². The first kappa shape index (κ1) is 16.8. The Morgan fingerprint density at radius 1 is 1.23 bits per heavy atom. The quantitative estimate of drug-likeness (QED) is 0.802. The molecule has 1 saturated heterocycles. The molecule has 2 rings (SSSR count). The van der Waals surface area contributed by atoms with Gasteiger partial charge >= 0.3 is 6.03 Å². The highest BCUT2D eigenvalue weighted by atomic mass is 16.3. The van der Waals surface area contributed by atoms with E-state index in [-0.39, 0.29) is 12.6 Å². The van der Waals surface area contributed by atoms with Crippen LogP contribution in [0.5, 0.6) is 0 Å². The van der Waals surface area contributed by atoms with Crippen LogP contribution in [-0.2, 0) is 6.42 Å². The van der Waals surface area contributed by atoms with Crippen molar-refractivity contribution >= 4 is 6.03 Å². The minimum atomic E-state index is 0.134. The number of amides is 2. The molecule has 1 atom stereocenters. The lowest BCUT2D eigenvalue weighted by molar-refractivity contribution is 0.181. The van der Waals surface area contributed by atoms with Crippen molar-refractivity contribution in [2.24, 2.45) is 5.92 Å². The summed E-state index contributed by atoms with van der Waals surface area (Å²) >= 11 is 0. The average molecular weight is 304 g/mol. The molecule has 0 radical (unpaired) electrons. The van der Waals surface area contributed by atoms with E-state index in [0.717, 1.165) is 25.9 Å². The molecule has 0 aromatic heterocycles. The van der Waals surface area contributed by atoms with Gasteiger partial charge in [-0.3, -0.25) is 0 Å². The Morgan fingerprint density at radius 3 is 2.59 bits per heavy atom. The molecule has 1 heterocycles. The van der Waals surface area contributed by atoms with Crippen molar-refractivity contribution in [3.05, 3.63) is 35.9 Å². The fraction of sp³-hybridized carbons (Fsp3) is 0.611. The smallest absolute Gasteiger partial charge is 0.320 e. The van der Waals surface area contributed by atoms with E-state index in [1.165, 1.54) is 5.56 Å². The Morgan fingerprint density at radius 2 is 1.95 bits per heavy atom. The van der Waals surface area contributed by atoms with E-state index in [0.29, 0.717) is 24.9 Å². The first-order chi connectivity index (χ1) is 10.6. The number of hydrogen-bond acceptors (Lipinski definition) is 2.